The Balaban J connectivity index is 2.52. The van der Waals surface area contributed by atoms with Gasteiger partial charge in [0.05, 0.1) is 19.2 Å². The summed E-state index contributed by atoms with van der Waals surface area (Å²) in [6, 6.07) is 5.48. The summed E-state index contributed by atoms with van der Waals surface area (Å²) in [7, 11) is 1.21. The van der Waals surface area contributed by atoms with Gasteiger partial charge in [0.2, 0.25) is 5.91 Å². The number of ether oxygens (including phenoxy) is 1. The van der Waals surface area contributed by atoms with E-state index in [0.717, 1.165) is 0 Å². The minimum Gasteiger partial charge on any atom is -0.465 e. The molecule has 2 N–H and O–H groups in total. The number of carbonyl (C=O) groups excluding carboxylic acids is 3. The number of anilines is 1. The van der Waals surface area contributed by atoms with E-state index in [2.05, 4.69) is 10.1 Å². The maximum atomic E-state index is 11.9. The van der Waals surface area contributed by atoms with Crippen LogP contribution in [0.5, 0.6) is 0 Å². The summed E-state index contributed by atoms with van der Waals surface area (Å²) in [4.78, 5) is 33.0. The van der Waals surface area contributed by atoms with Gasteiger partial charge in [0.25, 0.3) is 0 Å². The lowest BCUT2D eigenvalue weighted by Gasteiger charge is -2.09. The first-order valence-electron chi connectivity index (χ1n) is 5.57. The Morgan fingerprint density at radius 3 is 2.19 bits per heavy atom. The van der Waals surface area contributed by atoms with Crippen molar-refractivity contribution in [2.45, 2.75) is 6.18 Å². The van der Waals surface area contributed by atoms with Crippen LogP contribution in [0.1, 0.15) is 10.4 Å². The van der Waals surface area contributed by atoms with Gasteiger partial charge in [-0.1, -0.05) is 0 Å². The lowest BCUT2D eigenvalue weighted by atomic mass is 10.2. The monoisotopic (exact) mass is 304 g/mol. The summed E-state index contributed by atoms with van der Waals surface area (Å²) in [6.07, 6.45) is -5.04. The van der Waals surface area contributed by atoms with E-state index < -0.39 is 30.5 Å². The fraction of sp³-hybridized carbons (Fsp3) is 0.250. The molecule has 2 amide bonds. The summed E-state index contributed by atoms with van der Waals surface area (Å²) in [5.41, 5.74) is 0.509. The molecule has 0 aromatic heterocycles. The summed E-state index contributed by atoms with van der Waals surface area (Å²) in [5, 5.41) is 3.69. The van der Waals surface area contributed by atoms with Crippen molar-refractivity contribution in [3.05, 3.63) is 29.8 Å². The minimum absolute atomic E-state index is 0.251. The molecule has 0 radical (unpaired) electrons. The predicted molar refractivity (Wildman–Crippen MR) is 65.5 cm³/mol. The molecule has 0 heterocycles. The standard InChI is InChI=1S/C12H11F3N2O4/c1-21-10(19)7-2-4-8(5-3-7)17-9(18)6-16-11(20)12(13,14)15/h2-5H,6H2,1H3,(H,16,20)(H,17,18). The van der Waals surface area contributed by atoms with Crippen molar-refractivity contribution in [3.8, 4) is 0 Å². The summed E-state index contributed by atoms with van der Waals surface area (Å²) in [6.45, 7) is -0.822. The third kappa shape index (κ3) is 5.13. The fourth-order valence-corrected chi connectivity index (χ4v) is 1.27. The highest BCUT2D eigenvalue weighted by Crippen LogP contribution is 2.14. The van der Waals surface area contributed by atoms with Crippen molar-refractivity contribution >= 4 is 23.5 Å². The number of carbonyl (C=O) groups is 3. The molecule has 0 fully saturated rings. The SMILES string of the molecule is COC(=O)c1ccc(NC(=O)CNC(=O)C(F)(F)F)cc1. The van der Waals surface area contributed by atoms with Crippen LogP contribution in [0.2, 0.25) is 0 Å². The zero-order valence-electron chi connectivity index (χ0n) is 10.8. The van der Waals surface area contributed by atoms with Crippen LogP contribution in [0.4, 0.5) is 18.9 Å². The molecule has 6 nitrogen and oxygen atoms in total. The minimum atomic E-state index is -5.04. The van der Waals surface area contributed by atoms with E-state index in [1.165, 1.54) is 36.7 Å². The van der Waals surface area contributed by atoms with Crippen LogP contribution >= 0.6 is 0 Å². The molecule has 0 aliphatic rings. The van der Waals surface area contributed by atoms with Crippen LogP contribution in [0.15, 0.2) is 24.3 Å². The Morgan fingerprint density at radius 2 is 1.71 bits per heavy atom. The fourth-order valence-electron chi connectivity index (χ4n) is 1.27. The highest BCUT2D eigenvalue weighted by atomic mass is 19.4. The van der Waals surface area contributed by atoms with Crippen molar-refractivity contribution in [2.75, 3.05) is 19.0 Å². The second kappa shape index (κ2) is 6.73. The molecule has 21 heavy (non-hydrogen) atoms. The molecule has 9 heteroatoms. The number of benzene rings is 1. The Kier molecular flexibility index (Phi) is 5.28. The molecule has 1 aromatic carbocycles. The molecule has 0 aliphatic heterocycles. The predicted octanol–water partition coefficient (Wildman–Crippen LogP) is 1.09. The third-order valence-corrected chi connectivity index (χ3v) is 2.26. The number of alkyl halides is 3. The third-order valence-electron chi connectivity index (χ3n) is 2.26. The van der Waals surface area contributed by atoms with Crippen LogP contribution < -0.4 is 10.6 Å². The summed E-state index contributed by atoms with van der Waals surface area (Å²) < 4.78 is 40.2. The van der Waals surface area contributed by atoms with Crippen LogP contribution in [-0.2, 0) is 14.3 Å². The molecule has 0 saturated heterocycles. The molecule has 1 aromatic rings. The lowest BCUT2D eigenvalue weighted by Crippen LogP contribution is -2.41. The molecule has 0 saturated carbocycles. The number of amides is 2. The van der Waals surface area contributed by atoms with Crippen LogP contribution in [0.3, 0.4) is 0 Å². The van der Waals surface area contributed by atoms with E-state index in [0.29, 0.717) is 0 Å². The molecule has 0 aliphatic carbocycles. The molecule has 0 atom stereocenters. The van der Waals surface area contributed by atoms with Crippen LogP contribution in [-0.4, -0.2) is 37.6 Å². The van der Waals surface area contributed by atoms with E-state index in [4.69, 9.17) is 0 Å². The molecule has 0 unspecified atom stereocenters. The molecular formula is C12H11F3N2O4. The van der Waals surface area contributed by atoms with Gasteiger partial charge in [-0.25, -0.2) is 4.79 Å². The normalized spacial score (nSPS) is 10.7. The maximum absolute atomic E-state index is 11.9. The van der Waals surface area contributed by atoms with Gasteiger partial charge in [0.15, 0.2) is 0 Å². The Labute approximate surface area is 117 Å². The first-order chi connectivity index (χ1) is 9.74. The van der Waals surface area contributed by atoms with Gasteiger partial charge in [-0.2, -0.15) is 13.2 Å². The van der Waals surface area contributed by atoms with Gasteiger partial charge in [0.1, 0.15) is 0 Å². The van der Waals surface area contributed by atoms with E-state index in [1.54, 1.807) is 0 Å². The Morgan fingerprint density at radius 1 is 1.14 bits per heavy atom. The average molecular weight is 304 g/mol. The Hall–Kier alpha value is -2.58. The molecule has 114 valence electrons. The van der Waals surface area contributed by atoms with Gasteiger partial charge in [-0.3, -0.25) is 9.59 Å². The largest absolute Gasteiger partial charge is 0.471 e. The van der Waals surface area contributed by atoms with Gasteiger partial charge in [0, 0.05) is 5.69 Å². The molecular weight excluding hydrogens is 293 g/mol. The topological polar surface area (TPSA) is 84.5 Å². The lowest BCUT2D eigenvalue weighted by molar-refractivity contribution is -0.173. The molecule has 0 spiro atoms. The van der Waals surface area contributed by atoms with Crippen molar-refractivity contribution in [1.29, 1.82) is 0 Å². The number of rotatable bonds is 4. The number of nitrogens with one attached hydrogen (secondary N) is 2. The van der Waals surface area contributed by atoms with Gasteiger partial charge in [-0.15, -0.1) is 0 Å². The average Bonchev–Trinajstić information content (AvgIpc) is 2.43. The van der Waals surface area contributed by atoms with Crippen molar-refractivity contribution in [3.63, 3.8) is 0 Å². The van der Waals surface area contributed by atoms with Crippen molar-refractivity contribution in [2.24, 2.45) is 0 Å². The smallest absolute Gasteiger partial charge is 0.465 e. The Bertz CT molecular complexity index is 540. The van der Waals surface area contributed by atoms with E-state index >= 15 is 0 Å². The van der Waals surface area contributed by atoms with Crippen LogP contribution in [0.25, 0.3) is 0 Å². The molecule has 0 bridgehead atoms. The second-order valence-electron chi connectivity index (χ2n) is 3.80. The highest BCUT2D eigenvalue weighted by Gasteiger charge is 2.38. The first-order valence-corrected chi connectivity index (χ1v) is 5.57. The quantitative estimate of drug-likeness (QED) is 0.816. The second-order valence-corrected chi connectivity index (χ2v) is 3.80. The molecule has 1 rings (SSSR count). The summed E-state index contributed by atoms with van der Waals surface area (Å²) >= 11 is 0. The first kappa shape index (κ1) is 16.5. The summed E-state index contributed by atoms with van der Waals surface area (Å²) in [5.74, 6) is -3.59. The van der Waals surface area contributed by atoms with E-state index in [1.807, 2.05) is 0 Å². The van der Waals surface area contributed by atoms with Gasteiger partial charge >= 0.3 is 18.1 Å². The van der Waals surface area contributed by atoms with Crippen molar-refractivity contribution in [1.82, 2.24) is 5.32 Å². The zero-order valence-corrected chi connectivity index (χ0v) is 10.8. The number of esters is 1. The van der Waals surface area contributed by atoms with Crippen molar-refractivity contribution < 1.29 is 32.3 Å². The van der Waals surface area contributed by atoms with Crippen LogP contribution in [0, 0.1) is 0 Å². The maximum Gasteiger partial charge on any atom is 0.471 e. The zero-order chi connectivity index (χ0) is 16.0. The highest BCUT2D eigenvalue weighted by molar-refractivity contribution is 5.96. The number of methoxy groups -OCH3 is 1. The number of hydrogen-bond acceptors (Lipinski definition) is 4. The van der Waals surface area contributed by atoms with Gasteiger partial charge in [-0.05, 0) is 24.3 Å². The van der Waals surface area contributed by atoms with E-state index in [9.17, 15) is 27.6 Å². The van der Waals surface area contributed by atoms with E-state index in [-0.39, 0.29) is 11.3 Å². The van der Waals surface area contributed by atoms with Gasteiger partial charge < -0.3 is 15.4 Å². The number of halogens is 3. The number of hydrogen-bond donors (Lipinski definition) is 2.